The van der Waals surface area contributed by atoms with Gasteiger partial charge in [0.05, 0.1) is 6.42 Å². The van der Waals surface area contributed by atoms with Crippen LogP contribution in [0.3, 0.4) is 0 Å². The van der Waals surface area contributed by atoms with Gasteiger partial charge in [-0.3, -0.25) is 4.79 Å². The molecule has 0 aliphatic carbocycles. The fourth-order valence-corrected chi connectivity index (χ4v) is 2.41. The summed E-state index contributed by atoms with van der Waals surface area (Å²) in [5.41, 5.74) is 6.00. The number of hydrogen-bond donors (Lipinski definition) is 1. The fourth-order valence-electron chi connectivity index (χ4n) is 2.41. The maximum absolute atomic E-state index is 13.9. The average Bonchev–Trinajstić information content (AvgIpc) is 2.89. The van der Waals surface area contributed by atoms with Crippen molar-refractivity contribution < 1.29 is 9.18 Å². The molecule has 7 heteroatoms. The summed E-state index contributed by atoms with van der Waals surface area (Å²) in [5, 5.41) is 5.01. The first-order chi connectivity index (χ1) is 11.1. The molecule has 0 saturated heterocycles. The molecule has 6 nitrogen and oxygen atoms in total. The van der Waals surface area contributed by atoms with E-state index in [2.05, 4.69) is 15.1 Å². The van der Waals surface area contributed by atoms with Crippen LogP contribution in [-0.2, 0) is 17.8 Å². The molecule has 2 aromatic heterocycles. The zero-order chi connectivity index (χ0) is 16.4. The minimum absolute atomic E-state index is 0.0361. The van der Waals surface area contributed by atoms with Gasteiger partial charge in [-0.25, -0.2) is 19.0 Å². The van der Waals surface area contributed by atoms with Gasteiger partial charge in [0.25, 0.3) is 0 Å². The van der Waals surface area contributed by atoms with Crippen LogP contribution in [0.15, 0.2) is 30.3 Å². The number of carbonyl (C=O) groups is 1. The molecule has 2 heterocycles. The number of fused-ring (bicyclic) bond motifs is 1. The van der Waals surface area contributed by atoms with Crippen molar-refractivity contribution in [2.45, 2.75) is 26.3 Å². The Labute approximate surface area is 132 Å². The molecule has 1 aromatic carbocycles. The minimum Gasteiger partial charge on any atom is -0.369 e. The molecule has 0 radical (unpaired) electrons. The van der Waals surface area contributed by atoms with Gasteiger partial charge >= 0.3 is 0 Å². The number of primary amides is 1. The molecule has 23 heavy (non-hydrogen) atoms. The van der Waals surface area contributed by atoms with Crippen LogP contribution in [0, 0.1) is 5.82 Å². The lowest BCUT2D eigenvalue weighted by molar-refractivity contribution is -0.117. The van der Waals surface area contributed by atoms with Gasteiger partial charge in [0.1, 0.15) is 17.0 Å². The Hall–Kier alpha value is -2.83. The maximum Gasteiger partial charge on any atom is 0.225 e. The molecule has 1 amide bonds. The number of aromatic nitrogens is 4. The molecule has 2 N–H and O–H groups in total. The van der Waals surface area contributed by atoms with Crippen LogP contribution in [0.4, 0.5) is 4.39 Å². The molecule has 0 unspecified atom stereocenters. The topological polar surface area (TPSA) is 86.7 Å². The Morgan fingerprint density at radius 1 is 1.26 bits per heavy atom. The molecule has 0 atom stereocenters. The molecule has 0 aliphatic rings. The van der Waals surface area contributed by atoms with Crippen molar-refractivity contribution in [2.75, 3.05) is 0 Å². The molecule has 0 aliphatic heterocycles. The van der Waals surface area contributed by atoms with Crippen LogP contribution in [0.1, 0.15) is 19.2 Å². The molecular formula is C16H16FN5O. The highest BCUT2D eigenvalue weighted by Gasteiger charge is 2.15. The quantitative estimate of drug-likeness (QED) is 0.781. The van der Waals surface area contributed by atoms with E-state index in [1.165, 1.54) is 6.07 Å². The third kappa shape index (κ3) is 3.03. The van der Waals surface area contributed by atoms with Crippen molar-refractivity contribution in [3.05, 3.63) is 42.0 Å². The zero-order valence-corrected chi connectivity index (χ0v) is 12.7. The van der Waals surface area contributed by atoms with E-state index in [0.717, 1.165) is 6.42 Å². The number of halogens is 1. The summed E-state index contributed by atoms with van der Waals surface area (Å²) in [6.07, 6.45) is 0.806. The van der Waals surface area contributed by atoms with Crippen molar-refractivity contribution in [1.82, 2.24) is 19.7 Å². The zero-order valence-electron chi connectivity index (χ0n) is 12.7. The van der Waals surface area contributed by atoms with Gasteiger partial charge in [0.2, 0.25) is 5.91 Å². The third-order valence-corrected chi connectivity index (χ3v) is 3.38. The Morgan fingerprint density at radius 2 is 2.09 bits per heavy atom. The van der Waals surface area contributed by atoms with Crippen LogP contribution in [0.5, 0.6) is 0 Å². The van der Waals surface area contributed by atoms with E-state index in [9.17, 15) is 9.18 Å². The second-order valence-electron chi connectivity index (χ2n) is 5.23. The minimum atomic E-state index is -0.497. The lowest BCUT2D eigenvalue weighted by Gasteiger charge is -2.05. The van der Waals surface area contributed by atoms with E-state index in [0.29, 0.717) is 29.3 Å². The maximum atomic E-state index is 13.9. The van der Waals surface area contributed by atoms with Crippen molar-refractivity contribution in [2.24, 2.45) is 5.73 Å². The van der Waals surface area contributed by atoms with E-state index in [1.807, 2.05) is 6.92 Å². The summed E-state index contributed by atoms with van der Waals surface area (Å²) in [4.78, 5) is 19.8. The summed E-state index contributed by atoms with van der Waals surface area (Å²) in [7, 11) is 0. The molecule has 0 bridgehead atoms. The molecule has 0 fully saturated rings. The lowest BCUT2D eigenvalue weighted by Crippen LogP contribution is -2.14. The number of aryl methyl sites for hydroxylation is 1. The summed E-state index contributed by atoms with van der Waals surface area (Å²) in [6, 6.07) is 8.37. The predicted molar refractivity (Wildman–Crippen MR) is 83.9 cm³/mol. The van der Waals surface area contributed by atoms with Gasteiger partial charge in [-0.15, -0.1) is 0 Å². The first-order valence-electron chi connectivity index (χ1n) is 7.36. The van der Waals surface area contributed by atoms with E-state index < -0.39 is 5.91 Å². The Balaban J connectivity index is 2.11. The molecule has 3 aromatic rings. The highest BCUT2D eigenvalue weighted by molar-refractivity contribution is 5.81. The highest BCUT2D eigenvalue weighted by atomic mass is 19.1. The van der Waals surface area contributed by atoms with E-state index in [4.69, 9.17) is 5.73 Å². The second-order valence-corrected chi connectivity index (χ2v) is 5.23. The number of carbonyl (C=O) groups excluding carboxylic acids is 1. The Morgan fingerprint density at radius 3 is 2.83 bits per heavy atom. The van der Waals surface area contributed by atoms with Crippen LogP contribution in [-0.4, -0.2) is 25.7 Å². The van der Waals surface area contributed by atoms with Crippen LogP contribution < -0.4 is 5.73 Å². The predicted octanol–water partition coefficient (Wildman–Crippen LogP) is 2.07. The van der Waals surface area contributed by atoms with Crippen LogP contribution in [0.2, 0.25) is 0 Å². The monoisotopic (exact) mass is 313 g/mol. The molecule has 0 spiro atoms. The van der Waals surface area contributed by atoms with Crippen molar-refractivity contribution in [3.8, 4) is 11.5 Å². The molecular weight excluding hydrogens is 297 g/mol. The number of nitrogens with two attached hydrogens (primary N) is 1. The summed E-state index contributed by atoms with van der Waals surface area (Å²) in [6.45, 7) is 2.63. The summed E-state index contributed by atoms with van der Waals surface area (Å²) in [5.74, 6) is -0.0318. The first-order valence-corrected chi connectivity index (χ1v) is 7.36. The third-order valence-electron chi connectivity index (χ3n) is 3.38. The SMILES string of the molecule is CCCn1nc(CC(N)=O)nc1-c1ccc2cccc(F)c2n1. The summed E-state index contributed by atoms with van der Waals surface area (Å²) >= 11 is 0. The lowest BCUT2D eigenvalue weighted by atomic mass is 10.2. The number of benzene rings is 1. The van der Waals surface area contributed by atoms with Gasteiger partial charge in [-0.2, -0.15) is 5.10 Å². The van der Waals surface area contributed by atoms with Gasteiger partial charge in [-0.05, 0) is 18.6 Å². The van der Waals surface area contributed by atoms with Crippen molar-refractivity contribution in [1.29, 1.82) is 0 Å². The number of pyridine rings is 1. The average molecular weight is 313 g/mol. The van der Waals surface area contributed by atoms with Gasteiger partial charge < -0.3 is 5.73 Å². The number of para-hydroxylation sites is 1. The number of hydrogen-bond acceptors (Lipinski definition) is 4. The van der Waals surface area contributed by atoms with Gasteiger partial charge in [0.15, 0.2) is 11.6 Å². The summed E-state index contributed by atoms with van der Waals surface area (Å²) < 4.78 is 15.6. The highest BCUT2D eigenvalue weighted by Crippen LogP contribution is 2.22. The van der Waals surface area contributed by atoms with Crippen LogP contribution >= 0.6 is 0 Å². The Kier molecular flexibility index (Phi) is 4.01. The standard InChI is InChI=1S/C16H16FN5O/c1-2-8-22-16(20-14(21-22)9-13(18)23)12-7-6-10-4-3-5-11(17)15(10)19-12/h3-7H,2,8-9H2,1H3,(H2,18,23). The first kappa shape index (κ1) is 15.1. The van der Waals surface area contributed by atoms with Crippen LogP contribution in [0.25, 0.3) is 22.4 Å². The normalized spacial score (nSPS) is 11.0. The van der Waals surface area contributed by atoms with E-state index >= 15 is 0 Å². The van der Waals surface area contributed by atoms with Gasteiger partial charge in [0, 0.05) is 11.9 Å². The number of amides is 1. The fraction of sp³-hybridized carbons (Fsp3) is 0.250. The van der Waals surface area contributed by atoms with Crippen molar-refractivity contribution in [3.63, 3.8) is 0 Å². The largest absolute Gasteiger partial charge is 0.369 e. The van der Waals surface area contributed by atoms with Crippen molar-refractivity contribution >= 4 is 16.8 Å². The molecule has 3 rings (SSSR count). The van der Waals surface area contributed by atoms with E-state index in [1.54, 1.807) is 28.9 Å². The molecule has 118 valence electrons. The smallest absolute Gasteiger partial charge is 0.225 e. The Bertz CT molecular complexity index is 874. The second kappa shape index (κ2) is 6.12. The van der Waals surface area contributed by atoms with E-state index in [-0.39, 0.29) is 17.8 Å². The number of nitrogens with zero attached hydrogens (tertiary/aromatic N) is 4. The number of rotatable bonds is 5. The van der Waals surface area contributed by atoms with Gasteiger partial charge in [-0.1, -0.05) is 25.1 Å². The molecule has 0 saturated carbocycles.